The Balaban J connectivity index is 1.93. The number of carbonyl (C=O) groups is 1. The van der Waals surface area contributed by atoms with Gasteiger partial charge in [-0.15, -0.1) is 11.3 Å². The zero-order valence-electron chi connectivity index (χ0n) is 12.2. The van der Waals surface area contributed by atoms with Crippen molar-refractivity contribution >= 4 is 37.1 Å². The van der Waals surface area contributed by atoms with Gasteiger partial charge in [0.25, 0.3) is 10.0 Å². The largest absolute Gasteiger partial charge is 0.274 e. The summed E-state index contributed by atoms with van der Waals surface area (Å²) in [4.78, 5) is 12.6. The zero-order chi connectivity index (χ0) is 16.4. The van der Waals surface area contributed by atoms with Crippen LogP contribution in [0.2, 0.25) is 0 Å². The molecule has 0 spiro atoms. The summed E-state index contributed by atoms with van der Waals surface area (Å²) in [6, 6.07) is 3.07. The van der Waals surface area contributed by atoms with Crippen molar-refractivity contribution < 1.29 is 21.6 Å². The summed E-state index contributed by atoms with van der Waals surface area (Å²) >= 11 is 1.06. The summed E-state index contributed by atoms with van der Waals surface area (Å²) in [5.74, 6) is -1.09. The van der Waals surface area contributed by atoms with Crippen LogP contribution in [0.5, 0.6) is 0 Å². The van der Waals surface area contributed by atoms with E-state index in [0.29, 0.717) is 12.8 Å². The molecule has 0 aliphatic heterocycles. The van der Waals surface area contributed by atoms with Crippen LogP contribution in [0.1, 0.15) is 37.0 Å². The average molecular weight is 365 g/mol. The summed E-state index contributed by atoms with van der Waals surface area (Å²) in [5.41, 5.74) is 0. The van der Waals surface area contributed by atoms with Crippen LogP contribution in [0, 0.1) is 6.92 Å². The second-order valence-corrected chi connectivity index (χ2v) is 11.0. The summed E-state index contributed by atoms with van der Waals surface area (Å²) in [7, 11) is -7.23. The third-order valence-corrected chi connectivity index (χ3v) is 8.78. The van der Waals surface area contributed by atoms with E-state index in [0.717, 1.165) is 29.1 Å². The molecule has 124 valence electrons. The lowest BCUT2D eigenvalue weighted by molar-refractivity contribution is -0.118. The van der Waals surface area contributed by atoms with Crippen molar-refractivity contribution in [2.75, 3.05) is 5.75 Å². The lowest BCUT2D eigenvalue weighted by Crippen LogP contribution is -2.32. The molecule has 1 heterocycles. The zero-order valence-corrected chi connectivity index (χ0v) is 14.7. The van der Waals surface area contributed by atoms with Gasteiger partial charge in [0, 0.05) is 11.3 Å². The molecule has 1 aromatic rings. The van der Waals surface area contributed by atoms with E-state index in [2.05, 4.69) is 0 Å². The maximum atomic E-state index is 12.0. The number of carbonyl (C=O) groups excluding carboxylic acids is 1. The quantitative estimate of drug-likeness (QED) is 0.826. The number of aryl methyl sites for hydroxylation is 1. The van der Waals surface area contributed by atoms with Gasteiger partial charge in [0.05, 0.1) is 11.0 Å². The van der Waals surface area contributed by atoms with Gasteiger partial charge in [-0.2, -0.15) is 0 Å². The minimum Gasteiger partial charge on any atom is -0.274 e. The number of hydrogen-bond acceptors (Lipinski definition) is 6. The first-order valence-electron chi connectivity index (χ1n) is 7.04. The fourth-order valence-electron chi connectivity index (χ4n) is 2.46. The summed E-state index contributed by atoms with van der Waals surface area (Å²) in [6.45, 7) is 1.76. The van der Waals surface area contributed by atoms with E-state index >= 15 is 0 Å². The number of sulfonamides is 1. The number of sulfone groups is 1. The summed E-state index contributed by atoms with van der Waals surface area (Å²) in [5, 5.41) is -0.378. The third kappa shape index (κ3) is 4.30. The van der Waals surface area contributed by atoms with Gasteiger partial charge in [-0.05, 0) is 31.9 Å². The molecule has 0 bridgehead atoms. The Kier molecular flexibility index (Phi) is 5.29. The molecule has 1 aromatic heterocycles. The molecule has 0 saturated heterocycles. The van der Waals surface area contributed by atoms with E-state index in [1.54, 1.807) is 13.0 Å². The predicted molar refractivity (Wildman–Crippen MR) is 85.0 cm³/mol. The van der Waals surface area contributed by atoms with Gasteiger partial charge < -0.3 is 0 Å². The molecule has 0 unspecified atom stereocenters. The van der Waals surface area contributed by atoms with Crippen LogP contribution in [0.3, 0.4) is 0 Å². The fourth-order valence-corrected chi connectivity index (χ4v) is 6.61. The third-order valence-electron chi connectivity index (χ3n) is 3.65. The highest BCUT2D eigenvalue weighted by Gasteiger charge is 2.29. The second kappa shape index (κ2) is 6.67. The maximum Gasteiger partial charge on any atom is 0.273 e. The van der Waals surface area contributed by atoms with E-state index in [-0.39, 0.29) is 21.6 Å². The monoisotopic (exact) mass is 365 g/mol. The lowest BCUT2D eigenvalue weighted by Gasteiger charge is -2.10. The van der Waals surface area contributed by atoms with Crippen molar-refractivity contribution in [3.05, 3.63) is 17.0 Å². The first-order chi connectivity index (χ1) is 10.2. The van der Waals surface area contributed by atoms with E-state index in [1.165, 1.54) is 6.07 Å². The van der Waals surface area contributed by atoms with Crippen molar-refractivity contribution in [3.8, 4) is 0 Å². The number of amides is 1. The van der Waals surface area contributed by atoms with Crippen LogP contribution in [-0.2, 0) is 24.7 Å². The van der Waals surface area contributed by atoms with Gasteiger partial charge in [-0.3, -0.25) is 4.79 Å². The Labute approximate surface area is 134 Å². The minimum absolute atomic E-state index is 0.0528. The number of nitrogens with one attached hydrogen (secondary N) is 1. The Morgan fingerprint density at radius 1 is 1.23 bits per heavy atom. The molecule has 0 atom stereocenters. The van der Waals surface area contributed by atoms with Gasteiger partial charge in [0.1, 0.15) is 4.21 Å². The van der Waals surface area contributed by atoms with Crippen molar-refractivity contribution in [2.45, 2.75) is 48.5 Å². The normalized spacial score (nSPS) is 16.8. The van der Waals surface area contributed by atoms with E-state index in [1.807, 2.05) is 4.72 Å². The fraction of sp³-hybridized carbons (Fsp3) is 0.615. The molecule has 9 heteroatoms. The van der Waals surface area contributed by atoms with Crippen LogP contribution in [0.15, 0.2) is 16.3 Å². The summed E-state index contributed by atoms with van der Waals surface area (Å²) in [6.07, 6.45) is 2.72. The molecule has 1 aliphatic rings. The van der Waals surface area contributed by atoms with E-state index < -0.39 is 25.8 Å². The molecular weight excluding hydrogens is 346 g/mol. The van der Waals surface area contributed by atoms with Crippen LogP contribution >= 0.6 is 11.3 Å². The molecule has 2 rings (SSSR count). The van der Waals surface area contributed by atoms with Crippen molar-refractivity contribution in [3.63, 3.8) is 0 Å². The highest BCUT2D eigenvalue weighted by Crippen LogP contribution is 2.25. The Morgan fingerprint density at radius 3 is 2.41 bits per heavy atom. The van der Waals surface area contributed by atoms with Gasteiger partial charge in [0.2, 0.25) is 5.91 Å². The SMILES string of the molecule is Cc1ccc(S(=O)(=O)NC(=O)CCS(=O)(=O)C2CCCC2)s1. The van der Waals surface area contributed by atoms with Crippen molar-refractivity contribution in [1.29, 1.82) is 0 Å². The molecule has 1 fully saturated rings. The molecular formula is C13H19NO5S3. The standard InChI is InChI=1S/C13H19NO5S3/c1-10-6-7-13(20-10)22(18,19)14-12(15)8-9-21(16,17)11-4-2-3-5-11/h6-7,11H,2-5,8-9H2,1H3,(H,14,15). The van der Waals surface area contributed by atoms with Crippen LogP contribution in [-0.4, -0.2) is 33.7 Å². The Bertz CT molecular complexity index is 742. The molecule has 1 aliphatic carbocycles. The smallest absolute Gasteiger partial charge is 0.273 e. The Morgan fingerprint density at radius 2 is 1.86 bits per heavy atom. The van der Waals surface area contributed by atoms with Gasteiger partial charge >= 0.3 is 0 Å². The average Bonchev–Trinajstić information content (AvgIpc) is 3.07. The van der Waals surface area contributed by atoms with E-state index in [4.69, 9.17) is 0 Å². The molecule has 1 saturated carbocycles. The van der Waals surface area contributed by atoms with Crippen LogP contribution < -0.4 is 4.72 Å². The van der Waals surface area contributed by atoms with Gasteiger partial charge in [0.15, 0.2) is 9.84 Å². The van der Waals surface area contributed by atoms with Crippen molar-refractivity contribution in [1.82, 2.24) is 4.72 Å². The molecule has 0 aromatic carbocycles. The molecule has 1 amide bonds. The molecule has 6 nitrogen and oxygen atoms in total. The highest BCUT2D eigenvalue weighted by molar-refractivity contribution is 7.92. The predicted octanol–water partition coefficient (Wildman–Crippen LogP) is 1.61. The molecule has 1 N–H and O–H groups in total. The topological polar surface area (TPSA) is 97.4 Å². The second-order valence-electron chi connectivity index (χ2n) is 5.42. The number of rotatable bonds is 6. The number of thiophene rings is 1. The molecule has 0 radical (unpaired) electrons. The van der Waals surface area contributed by atoms with E-state index in [9.17, 15) is 21.6 Å². The maximum absolute atomic E-state index is 12.0. The van der Waals surface area contributed by atoms with Crippen LogP contribution in [0.4, 0.5) is 0 Å². The lowest BCUT2D eigenvalue weighted by atomic mass is 10.4. The molecule has 22 heavy (non-hydrogen) atoms. The number of hydrogen-bond donors (Lipinski definition) is 1. The Hall–Kier alpha value is -0.930. The summed E-state index contributed by atoms with van der Waals surface area (Å²) < 4.78 is 50.0. The minimum atomic E-state index is -3.90. The van der Waals surface area contributed by atoms with Gasteiger partial charge in [-0.1, -0.05) is 12.8 Å². The first kappa shape index (κ1) is 17.4. The highest BCUT2D eigenvalue weighted by atomic mass is 32.2. The first-order valence-corrected chi connectivity index (χ1v) is 11.1. The van der Waals surface area contributed by atoms with Gasteiger partial charge in [-0.25, -0.2) is 21.6 Å². The van der Waals surface area contributed by atoms with Crippen LogP contribution in [0.25, 0.3) is 0 Å². The van der Waals surface area contributed by atoms with Crippen molar-refractivity contribution in [2.24, 2.45) is 0 Å².